The second kappa shape index (κ2) is 21.1. The van der Waals surface area contributed by atoms with E-state index in [1.807, 2.05) is 44.3 Å². The third-order valence-corrected chi connectivity index (χ3v) is 8.38. The topological polar surface area (TPSA) is 99.3 Å². The molecule has 2 aromatic rings. The third kappa shape index (κ3) is 14.5. The Balaban J connectivity index is 1.65. The van der Waals surface area contributed by atoms with E-state index < -0.39 is 17.9 Å². The van der Waals surface area contributed by atoms with Gasteiger partial charge in [-0.05, 0) is 36.8 Å². The number of rotatable bonds is 25. The highest BCUT2D eigenvalue weighted by atomic mass is 16.4. The molecule has 6 nitrogen and oxygen atoms in total. The van der Waals surface area contributed by atoms with Crippen molar-refractivity contribution >= 4 is 28.6 Å². The van der Waals surface area contributed by atoms with Crippen molar-refractivity contribution in [1.82, 2.24) is 10.3 Å². The largest absolute Gasteiger partial charge is 0.481 e. The summed E-state index contributed by atoms with van der Waals surface area (Å²) in [6, 6.07) is 7.13. The Bertz CT molecular complexity index is 1040. The number of unbranched alkanes of at least 4 members (excludes halogenated alkanes) is 14. The normalized spacial score (nSPS) is 13.0. The van der Waals surface area contributed by atoms with Crippen LogP contribution in [0, 0.1) is 11.8 Å². The number of benzene rings is 1. The molecule has 2 unspecified atom stereocenters. The minimum absolute atomic E-state index is 0.0918. The fraction of sp³-hybridized carbons (Fsp3) is 0.694. The Hall–Kier alpha value is -2.63. The standard InChI is InChI=1S/C36H58N2O4/c1-4-5-6-7-8-9-10-11-12-13-14-15-16-17-18-23-35(40)38-33(24-28(2)3)34(39)26-29(36(41)42)25-30-27-37-32-22-20-19-21-31(30)32/h19-22,27-29,33,37H,4-18,23-26H2,1-3H3,(H,38,40)(H,41,42). The van der Waals surface area contributed by atoms with Gasteiger partial charge in [-0.2, -0.15) is 0 Å². The van der Waals surface area contributed by atoms with E-state index in [1.54, 1.807) is 0 Å². The Labute approximate surface area is 254 Å². The molecule has 1 aromatic heterocycles. The summed E-state index contributed by atoms with van der Waals surface area (Å²) in [6.45, 7) is 6.30. The van der Waals surface area contributed by atoms with Gasteiger partial charge < -0.3 is 15.4 Å². The summed E-state index contributed by atoms with van der Waals surface area (Å²) in [5.41, 5.74) is 1.84. The van der Waals surface area contributed by atoms with Crippen LogP contribution in [-0.2, 0) is 20.8 Å². The first-order chi connectivity index (χ1) is 20.3. The highest BCUT2D eigenvalue weighted by Crippen LogP contribution is 2.23. The van der Waals surface area contributed by atoms with E-state index in [0.717, 1.165) is 35.7 Å². The average Bonchev–Trinajstić information content (AvgIpc) is 3.36. The number of para-hydroxylation sites is 1. The number of aromatic nitrogens is 1. The summed E-state index contributed by atoms with van der Waals surface area (Å²) in [6.07, 6.45) is 22.1. The summed E-state index contributed by atoms with van der Waals surface area (Å²) >= 11 is 0. The Morgan fingerprint density at radius 2 is 1.36 bits per heavy atom. The molecule has 1 heterocycles. The number of nitrogens with one attached hydrogen (secondary N) is 2. The lowest BCUT2D eigenvalue weighted by molar-refractivity contribution is -0.144. The number of hydrogen-bond donors (Lipinski definition) is 3. The van der Waals surface area contributed by atoms with Crippen molar-refractivity contribution in [2.45, 2.75) is 149 Å². The molecule has 1 aromatic carbocycles. The maximum Gasteiger partial charge on any atom is 0.307 e. The molecule has 0 aliphatic rings. The molecule has 236 valence electrons. The first-order valence-electron chi connectivity index (χ1n) is 16.9. The van der Waals surface area contributed by atoms with E-state index in [9.17, 15) is 19.5 Å². The van der Waals surface area contributed by atoms with Gasteiger partial charge in [0.2, 0.25) is 5.91 Å². The molecule has 0 saturated heterocycles. The first kappa shape index (κ1) is 35.6. The van der Waals surface area contributed by atoms with Crippen LogP contribution >= 0.6 is 0 Å². The van der Waals surface area contributed by atoms with Crippen LogP contribution in [0.15, 0.2) is 30.5 Å². The molecule has 0 aliphatic carbocycles. The van der Waals surface area contributed by atoms with Crippen molar-refractivity contribution in [3.8, 4) is 0 Å². The predicted octanol–water partition coefficient (Wildman–Crippen LogP) is 9.16. The van der Waals surface area contributed by atoms with Crippen LogP contribution in [-0.4, -0.2) is 33.8 Å². The number of carboxylic acid groups (broad SMARTS) is 1. The lowest BCUT2D eigenvalue weighted by atomic mass is 9.89. The van der Waals surface area contributed by atoms with Gasteiger partial charge in [0.05, 0.1) is 12.0 Å². The van der Waals surface area contributed by atoms with Crippen molar-refractivity contribution in [1.29, 1.82) is 0 Å². The minimum atomic E-state index is -0.985. The summed E-state index contributed by atoms with van der Waals surface area (Å²) in [5, 5.41) is 13.8. The third-order valence-electron chi connectivity index (χ3n) is 8.38. The molecule has 0 saturated carbocycles. The van der Waals surface area contributed by atoms with E-state index in [-0.39, 0.29) is 30.4 Å². The number of aromatic amines is 1. The number of Topliss-reactive ketones (excluding diaryl/α,β-unsaturated/α-hetero) is 1. The van der Waals surface area contributed by atoms with Crippen LogP contribution in [0.5, 0.6) is 0 Å². The van der Waals surface area contributed by atoms with E-state index in [0.29, 0.717) is 12.8 Å². The van der Waals surface area contributed by atoms with Crippen molar-refractivity contribution in [3.63, 3.8) is 0 Å². The Kier molecular flexibility index (Phi) is 17.9. The van der Waals surface area contributed by atoms with E-state index in [1.165, 1.54) is 77.0 Å². The van der Waals surface area contributed by atoms with E-state index in [4.69, 9.17) is 0 Å². The van der Waals surface area contributed by atoms with Crippen LogP contribution in [0.4, 0.5) is 0 Å². The quantitative estimate of drug-likeness (QED) is 0.102. The molecule has 0 spiro atoms. The van der Waals surface area contributed by atoms with E-state index in [2.05, 4.69) is 17.2 Å². The maximum atomic E-state index is 13.2. The fourth-order valence-corrected chi connectivity index (χ4v) is 5.86. The molecule has 3 N–H and O–H groups in total. The van der Waals surface area contributed by atoms with Crippen molar-refractivity contribution < 1.29 is 19.5 Å². The summed E-state index contributed by atoms with van der Waals surface area (Å²) in [4.78, 5) is 41.2. The summed E-state index contributed by atoms with van der Waals surface area (Å²) in [5.74, 6) is -1.91. The lowest BCUT2D eigenvalue weighted by Crippen LogP contribution is -2.43. The van der Waals surface area contributed by atoms with Crippen LogP contribution in [0.25, 0.3) is 10.9 Å². The number of carbonyl (C=O) groups excluding carboxylic acids is 2. The zero-order valence-electron chi connectivity index (χ0n) is 26.7. The highest BCUT2D eigenvalue weighted by molar-refractivity contribution is 5.92. The van der Waals surface area contributed by atoms with Crippen molar-refractivity contribution in [2.24, 2.45) is 11.8 Å². The molecular formula is C36H58N2O4. The second-order valence-corrected chi connectivity index (χ2v) is 12.7. The van der Waals surface area contributed by atoms with Gasteiger partial charge in [-0.25, -0.2) is 0 Å². The SMILES string of the molecule is CCCCCCCCCCCCCCCCCC(=O)NC(CC(C)C)C(=O)CC(Cc1c[nH]c2ccccc12)C(=O)O. The molecule has 0 aliphatic heterocycles. The number of H-pyrrole nitrogens is 1. The van der Waals surface area contributed by atoms with Crippen LogP contribution in [0.2, 0.25) is 0 Å². The molecule has 2 atom stereocenters. The molecule has 6 heteroatoms. The zero-order chi connectivity index (χ0) is 30.6. The second-order valence-electron chi connectivity index (χ2n) is 12.7. The van der Waals surface area contributed by atoms with Crippen molar-refractivity contribution in [3.05, 3.63) is 36.0 Å². The fourth-order valence-electron chi connectivity index (χ4n) is 5.86. The van der Waals surface area contributed by atoms with Gasteiger partial charge in [-0.1, -0.05) is 129 Å². The minimum Gasteiger partial charge on any atom is -0.481 e. The van der Waals surface area contributed by atoms with Crippen LogP contribution in [0.1, 0.15) is 142 Å². The van der Waals surface area contributed by atoms with Gasteiger partial charge in [-0.15, -0.1) is 0 Å². The van der Waals surface area contributed by atoms with Gasteiger partial charge >= 0.3 is 5.97 Å². The molecule has 0 radical (unpaired) electrons. The monoisotopic (exact) mass is 582 g/mol. The van der Waals surface area contributed by atoms with Gasteiger partial charge in [-0.3, -0.25) is 14.4 Å². The van der Waals surface area contributed by atoms with Crippen molar-refractivity contribution in [2.75, 3.05) is 0 Å². The number of amides is 1. The summed E-state index contributed by atoms with van der Waals surface area (Å²) in [7, 11) is 0. The first-order valence-corrected chi connectivity index (χ1v) is 16.9. The molecule has 0 bridgehead atoms. The number of aliphatic carboxylic acids is 1. The van der Waals surface area contributed by atoms with Gasteiger partial charge in [0.15, 0.2) is 5.78 Å². The van der Waals surface area contributed by atoms with E-state index >= 15 is 0 Å². The smallest absolute Gasteiger partial charge is 0.307 e. The summed E-state index contributed by atoms with van der Waals surface area (Å²) < 4.78 is 0. The molecule has 1 amide bonds. The molecular weight excluding hydrogens is 524 g/mol. The average molecular weight is 583 g/mol. The van der Waals surface area contributed by atoms with Gasteiger partial charge in [0, 0.05) is 29.9 Å². The van der Waals surface area contributed by atoms with Crippen LogP contribution in [0.3, 0.4) is 0 Å². The zero-order valence-corrected chi connectivity index (χ0v) is 26.7. The molecule has 2 rings (SSSR count). The Morgan fingerprint density at radius 3 is 1.90 bits per heavy atom. The van der Waals surface area contributed by atoms with Crippen LogP contribution < -0.4 is 5.32 Å². The van der Waals surface area contributed by atoms with Gasteiger partial charge in [0.25, 0.3) is 0 Å². The molecule has 0 fully saturated rings. The Morgan fingerprint density at radius 1 is 0.810 bits per heavy atom. The number of fused-ring (bicyclic) bond motifs is 1. The van der Waals surface area contributed by atoms with Gasteiger partial charge in [0.1, 0.15) is 0 Å². The maximum absolute atomic E-state index is 13.2. The number of carboxylic acids is 1. The number of hydrogen-bond acceptors (Lipinski definition) is 3. The molecule has 42 heavy (non-hydrogen) atoms. The number of ketones is 1. The lowest BCUT2D eigenvalue weighted by Gasteiger charge is -2.21. The highest BCUT2D eigenvalue weighted by Gasteiger charge is 2.28. The number of carbonyl (C=O) groups is 3. The predicted molar refractivity (Wildman–Crippen MR) is 174 cm³/mol.